The van der Waals surface area contributed by atoms with Crippen molar-refractivity contribution in [2.24, 2.45) is 0 Å². The summed E-state index contributed by atoms with van der Waals surface area (Å²) in [7, 11) is 2.26. The van der Waals surface area contributed by atoms with Crippen molar-refractivity contribution in [2.75, 3.05) is 20.1 Å². The van der Waals surface area contributed by atoms with Gasteiger partial charge < -0.3 is 10.2 Å². The molecule has 0 amide bonds. The van der Waals surface area contributed by atoms with Gasteiger partial charge in [0.25, 0.3) is 0 Å². The second-order valence-electron chi connectivity index (χ2n) is 5.38. The summed E-state index contributed by atoms with van der Waals surface area (Å²) < 4.78 is 0. The Bertz CT molecular complexity index is 339. The molecule has 2 rings (SSSR count). The third-order valence-corrected chi connectivity index (χ3v) is 4.03. The lowest BCUT2D eigenvalue weighted by Crippen LogP contribution is -2.38. The van der Waals surface area contributed by atoms with E-state index in [1.165, 1.54) is 37.8 Å². The molecule has 2 atom stereocenters. The molecule has 0 aliphatic carbocycles. The van der Waals surface area contributed by atoms with Crippen molar-refractivity contribution in [3.05, 3.63) is 30.1 Å². The van der Waals surface area contributed by atoms with Crippen molar-refractivity contribution >= 4 is 0 Å². The summed E-state index contributed by atoms with van der Waals surface area (Å²) in [5.74, 6) is 0. The second kappa shape index (κ2) is 6.86. The van der Waals surface area contributed by atoms with Crippen LogP contribution in [0.2, 0.25) is 0 Å². The monoisotopic (exact) mass is 247 g/mol. The van der Waals surface area contributed by atoms with Crippen molar-refractivity contribution < 1.29 is 0 Å². The summed E-state index contributed by atoms with van der Waals surface area (Å²) in [6.45, 7) is 4.56. The summed E-state index contributed by atoms with van der Waals surface area (Å²) >= 11 is 0. The second-order valence-corrected chi connectivity index (χ2v) is 5.38. The first-order chi connectivity index (χ1) is 8.77. The average molecular weight is 247 g/mol. The van der Waals surface area contributed by atoms with Crippen LogP contribution in [0.5, 0.6) is 0 Å². The van der Waals surface area contributed by atoms with Crippen molar-refractivity contribution in [1.82, 2.24) is 15.2 Å². The van der Waals surface area contributed by atoms with Crippen molar-refractivity contribution in [3.8, 4) is 0 Å². The van der Waals surface area contributed by atoms with Crippen LogP contribution in [-0.4, -0.2) is 36.1 Å². The van der Waals surface area contributed by atoms with Gasteiger partial charge in [0.1, 0.15) is 0 Å². The molecule has 1 unspecified atom stereocenters. The first kappa shape index (κ1) is 13.5. The summed E-state index contributed by atoms with van der Waals surface area (Å²) in [6.07, 6.45) is 9.15. The fourth-order valence-electron chi connectivity index (χ4n) is 2.73. The number of aromatic nitrogens is 1. The van der Waals surface area contributed by atoms with E-state index in [9.17, 15) is 0 Å². The first-order valence-electron chi connectivity index (χ1n) is 7.11. The Balaban J connectivity index is 1.71. The zero-order valence-corrected chi connectivity index (χ0v) is 11.6. The molecule has 1 aromatic rings. The van der Waals surface area contributed by atoms with Gasteiger partial charge in [0.05, 0.1) is 0 Å². The van der Waals surface area contributed by atoms with E-state index < -0.39 is 0 Å². The molecule has 0 aromatic carbocycles. The number of nitrogens with one attached hydrogen (secondary N) is 1. The fourth-order valence-corrected chi connectivity index (χ4v) is 2.73. The highest BCUT2D eigenvalue weighted by molar-refractivity contribution is 5.12. The molecule has 1 aliphatic rings. The Labute approximate surface area is 111 Å². The Morgan fingerprint density at radius 3 is 3.11 bits per heavy atom. The predicted octanol–water partition coefficient (Wildman–Crippen LogP) is 2.61. The molecular formula is C15H25N3. The maximum Gasteiger partial charge on any atom is 0.0315 e. The lowest BCUT2D eigenvalue weighted by molar-refractivity contribution is 0.174. The highest BCUT2D eigenvalue weighted by Crippen LogP contribution is 2.18. The van der Waals surface area contributed by atoms with Gasteiger partial charge in [-0.2, -0.15) is 0 Å². The lowest BCUT2D eigenvalue weighted by Gasteiger charge is -2.32. The maximum atomic E-state index is 4.17. The molecule has 100 valence electrons. The highest BCUT2D eigenvalue weighted by Gasteiger charge is 2.18. The van der Waals surface area contributed by atoms with Gasteiger partial charge in [-0.3, -0.25) is 4.98 Å². The van der Waals surface area contributed by atoms with Gasteiger partial charge in [-0.15, -0.1) is 0 Å². The van der Waals surface area contributed by atoms with Gasteiger partial charge in [0.15, 0.2) is 0 Å². The van der Waals surface area contributed by atoms with Crippen LogP contribution in [0.4, 0.5) is 0 Å². The van der Waals surface area contributed by atoms with Crippen LogP contribution in [0.25, 0.3) is 0 Å². The summed E-state index contributed by atoms with van der Waals surface area (Å²) in [4.78, 5) is 6.68. The van der Waals surface area contributed by atoms with E-state index in [1.807, 2.05) is 18.5 Å². The van der Waals surface area contributed by atoms with Crippen molar-refractivity contribution in [3.63, 3.8) is 0 Å². The Morgan fingerprint density at radius 2 is 2.39 bits per heavy atom. The SMILES string of the molecule is C[C@H](NCCC1CCCCN1C)c1cccnc1. The smallest absolute Gasteiger partial charge is 0.0315 e. The molecular weight excluding hydrogens is 222 g/mol. The molecule has 0 spiro atoms. The summed E-state index contributed by atoms with van der Waals surface area (Å²) in [6, 6.07) is 5.31. The van der Waals surface area contributed by atoms with Gasteiger partial charge >= 0.3 is 0 Å². The van der Waals surface area contributed by atoms with Crippen LogP contribution >= 0.6 is 0 Å². The van der Waals surface area contributed by atoms with E-state index >= 15 is 0 Å². The maximum absolute atomic E-state index is 4.17. The molecule has 0 saturated carbocycles. The van der Waals surface area contributed by atoms with Gasteiger partial charge in [0.2, 0.25) is 0 Å². The Kier molecular flexibility index (Phi) is 5.14. The van der Waals surface area contributed by atoms with Crippen molar-refractivity contribution in [1.29, 1.82) is 0 Å². The minimum Gasteiger partial charge on any atom is -0.310 e. The van der Waals surface area contributed by atoms with E-state index in [2.05, 4.69) is 35.2 Å². The molecule has 2 heterocycles. The van der Waals surface area contributed by atoms with E-state index in [0.717, 1.165) is 12.6 Å². The van der Waals surface area contributed by atoms with Crippen molar-refractivity contribution in [2.45, 2.75) is 44.7 Å². The zero-order valence-electron chi connectivity index (χ0n) is 11.6. The van der Waals surface area contributed by atoms with Crippen LogP contribution in [0.3, 0.4) is 0 Å². The molecule has 0 bridgehead atoms. The molecule has 0 radical (unpaired) electrons. The van der Waals surface area contributed by atoms with Crippen LogP contribution in [0, 0.1) is 0 Å². The Morgan fingerprint density at radius 1 is 1.50 bits per heavy atom. The van der Waals surface area contributed by atoms with Gasteiger partial charge in [-0.05, 0) is 58.0 Å². The molecule has 3 heteroatoms. The zero-order chi connectivity index (χ0) is 12.8. The molecule has 3 nitrogen and oxygen atoms in total. The van der Waals surface area contributed by atoms with E-state index in [0.29, 0.717) is 6.04 Å². The average Bonchev–Trinajstić information content (AvgIpc) is 2.42. The Hall–Kier alpha value is -0.930. The molecule has 1 N–H and O–H groups in total. The van der Waals surface area contributed by atoms with Crippen LogP contribution in [0.15, 0.2) is 24.5 Å². The highest BCUT2D eigenvalue weighted by atomic mass is 15.1. The molecule has 1 aromatic heterocycles. The third kappa shape index (κ3) is 3.79. The predicted molar refractivity (Wildman–Crippen MR) is 75.5 cm³/mol. The minimum absolute atomic E-state index is 0.396. The number of hydrogen-bond acceptors (Lipinski definition) is 3. The number of hydrogen-bond donors (Lipinski definition) is 1. The summed E-state index contributed by atoms with van der Waals surface area (Å²) in [5, 5.41) is 3.60. The van der Waals surface area contributed by atoms with E-state index in [4.69, 9.17) is 0 Å². The molecule has 1 aliphatic heterocycles. The first-order valence-corrected chi connectivity index (χ1v) is 7.11. The van der Waals surface area contributed by atoms with Gasteiger partial charge in [0, 0.05) is 24.5 Å². The van der Waals surface area contributed by atoms with Crippen LogP contribution in [-0.2, 0) is 0 Å². The quantitative estimate of drug-likeness (QED) is 0.867. The lowest BCUT2D eigenvalue weighted by atomic mass is 10.00. The third-order valence-electron chi connectivity index (χ3n) is 4.03. The topological polar surface area (TPSA) is 28.2 Å². The summed E-state index contributed by atoms with van der Waals surface area (Å²) in [5.41, 5.74) is 1.27. The molecule has 1 fully saturated rings. The number of piperidine rings is 1. The minimum atomic E-state index is 0.396. The van der Waals surface area contributed by atoms with Gasteiger partial charge in [-0.25, -0.2) is 0 Å². The largest absolute Gasteiger partial charge is 0.310 e. The van der Waals surface area contributed by atoms with Crippen LogP contribution in [0.1, 0.15) is 44.2 Å². The standard InChI is InChI=1S/C15H25N3/c1-13(14-6-5-9-16-12-14)17-10-8-15-7-3-4-11-18(15)2/h5-6,9,12-13,15,17H,3-4,7-8,10-11H2,1-2H3/t13-,15?/m0/s1. The number of rotatable bonds is 5. The van der Waals surface area contributed by atoms with E-state index in [1.54, 1.807) is 0 Å². The normalized spacial score (nSPS) is 22.9. The van der Waals surface area contributed by atoms with E-state index in [-0.39, 0.29) is 0 Å². The molecule has 1 saturated heterocycles. The number of nitrogens with zero attached hydrogens (tertiary/aromatic N) is 2. The number of likely N-dealkylation sites (tertiary alicyclic amines) is 1. The molecule has 18 heavy (non-hydrogen) atoms. The van der Waals surface area contributed by atoms with Gasteiger partial charge in [-0.1, -0.05) is 12.5 Å². The fraction of sp³-hybridized carbons (Fsp3) is 0.667. The van der Waals surface area contributed by atoms with Crippen LogP contribution < -0.4 is 5.32 Å². The number of pyridine rings is 1.